The number of ether oxygens (including phenoxy) is 1. The van der Waals surface area contributed by atoms with Gasteiger partial charge in [-0.25, -0.2) is 0 Å². The molecule has 1 N–H and O–H groups in total. The third kappa shape index (κ3) is 8.11. The summed E-state index contributed by atoms with van der Waals surface area (Å²) >= 11 is 0. The van der Waals surface area contributed by atoms with Crippen LogP contribution in [0.2, 0.25) is 0 Å². The van der Waals surface area contributed by atoms with Gasteiger partial charge in [-0.05, 0) is 31.0 Å². The highest BCUT2D eigenvalue weighted by molar-refractivity contribution is 5.28. The molecular weight excluding hydrogens is 260 g/mol. The molecule has 1 rings (SSSR count). The van der Waals surface area contributed by atoms with Crippen molar-refractivity contribution in [2.75, 3.05) is 6.61 Å². The van der Waals surface area contributed by atoms with Crippen LogP contribution in [-0.2, 0) is 0 Å². The number of aliphatic hydroxyl groups is 1. The summed E-state index contributed by atoms with van der Waals surface area (Å²) in [6, 6.07) is 7.83. The summed E-state index contributed by atoms with van der Waals surface area (Å²) in [6.07, 6.45) is 11.0. The lowest BCUT2D eigenvalue weighted by atomic mass is 10.0. The first kappa shape index (κ1) is 18.0. The Bertz CT molecular complexity index is 345. The van der Waals surface area contributed by atoms with E-state index in [1.165, 1.54) is 44.9 Å². The van der Waals surface area contributed by atoms with E-state index in [9.17, 15) is 5.11 Å². The molecule has 0 aromatic heterocycles. The first-order valence-corrected chi connectivity index (χ1v) is 8.68. The average molecular weight is 292 g/mol. The van der Waals surface area contributed by atoms with E-state index in [1.807, 2.05) is 31.2 Å². The number of hydrogen-bond donors (Lipinski definition) is 1. The topological polar surface area (TPSA) is 29.5 Å². The molecule has 0 saturated carbocycles. The first-order chi connectivity index (χ1) is 10.3. The Hall–Kier alpha value is -1.02. The molecule has 1 aromatic rings. The van der Waals surface area contributed by atoms with Crippen LogP contribution in [0.1, 0.15) is 83.3 Å². The van der Waals surface area contributed by atoms with E-state index in [4.69, 9.17) is 4.74 Å². The maximum absolute atomic E-state index is 10.2. The highest BCUT2D eigenvalue weighted by Crippen LogP contribution is 2.22. The zero-order valence-electron chi connectivity index (χ0n) is 13.8. The predicted molar refractivity (Wildman–Crippen MR) is 89.8 cm³/mol. The maximum Gasteiger partial charge on any atom is 0.119 e. The van der Waals surface area contributed by atoms with Crippen LogP contribution in [0.15, 0.2) is 24.3 Å². The van der Waals surface area contributed by atoms with Crippen LogP contribution in [0.4, 0.5) is 0 Å². The molecule has 0 aliphatic carbocycles. The normalized spacial score (nSPS) is 12.3. The van der Waals surface area contributed by atoms with Crippen molar-refractivity contribution in [2.45, 2.75) is 77.7 Å². The summed E-state index contributed by atoms with van der Waals surface area (Å²) in [4.78, 5) is 0. The van der Waals surface area contributed by atoms with E-state index in [0.717, 1.165) is 24.2 Å². The van der Waals surface area contributed by atoms with Crippen LogP contribution in [0.5, 0.6) is 5.75 Å². The van der Waals surface area contributed by atoms with Gasteiger partial charge in [-0.3, -0.25) is 0 Å². The first-order valence-electron chi connectivity index (χ1n) is 8.68. The Kier molecular flexibility index (Phi) is 9.98. The second-order valence-corrected chi connectivity index (χ2v) is 5.78. The molecular formula is C19H32O2. The summed E-state index contributed by atoms with van der Waals surface area (Å²) in [5.41, 5.74) is 1.00. The van der Waals surface area contributed by atoms with E-state index in [0.29, 0.717) is 6.61 Å². The monoisotopic (exact) mass is 292 g/mol. The molecule has 2 heteroatoms. The molecule has 1 unspecified atom stereocenters. The zero-order valence-corrected chi connectivity index (χ0v) is 13.8. The lowest BCUT2D eigenvalue weighted by Crippen LogP contribution is -1.98. The second kappa shape index (κ2) is 11.6. The molecule has 0 amide bonds. The molecule has 0 spiro atoms. The summed E-state index contributed by atoms with van der Waals surface area (Å²) in [6.45, 7) is 4.91. The average Bonchev–Trinajstić information content (AvgIpc) is 2.51. The fourth-order valence-electron chi connectivity index (χ4n) is 2.59. The minimum absolute atomic E-state index is 0.333. The molecule has 0 fully saturated rings. The van der Waals surface area contributed by atoms with Crippen molar-refractivity contribution in [1.82, 2.24) is 0 Å². The van der Waals surface area contributed by atoms with Gasteiger partial charge < -0.3 is 9.84 Å². The van der Waals surface area contributed by atoms with Crippen molar-refractivity contribution in [2.24, 2.45) is 0 Å². The molecule has 0 aliphatic heterocycles. The molecule has 0 heterocycles. The van der Waals surface area contributed by atoms with Gasteiger partial charge in [0.05, 0.1) is 12.7 Å². The van der Waals surface area contributed by atoms with E-state index >= 15 is 0 Å². The Morgan fingerprint density at radius 2 is 1.43 bits per heavy atom. The summed E-state index contributed by atoms with van der Waals surface area (Å²) in [7, 11) is 0. The molecule has 0 radical (unpaired) electrons. The summed E-state index contributed by atoms with van der Waals surface area (Å²) in [5.74, 6) is 0.875. The third-order valence-electron chi connectivity index (χ3n) is 3.91. The zero-order chi connectivity index (χ0) is 15.3. The molecule has 0 aliphatic rings. The lowest BCUT2D eigenvalue weighted by Gasteiger charge is -2.12. The van der Waals surface area contributed by atoms with Gasteiger partial charge in [0, 0.05) is 0 Å². The van der Waals surface area contributed by atoms with Gasteiger partial charge in [-0.1, -0.05) is 70.4 Å². The van der Waals surface area contributed by atoms with Crippen LogP contribution in [0.25, 0.3) is 0 Å². The molecule has 1 atom stereocenters. The maximum atomic E-state index is 10.2. The lowest BCUT2D eigenvalue weighted by molar-refractivity contribution is 0.163. The highest BCUT2D eigenvalue weighted by Gasteiger charge is 2.07. The van der Waals surface area contributed by atoms with E-state index in [-0.39, 0.29) is 6.10 Å². The van der Waals surface area contributed by atoms with Crippen LogP contribution in [-0.4, -0.2) is 11.7 Å². The molecule has 1 aromatic carbocycles. The van der Waals surface area contributed by atoms with Crippen molar-refractivity contribution in [1.29, 1.82) is 0 Å². The Balaban J connectivity index is 2.11. The quantitative estimate of drug-likeness (QED) is 0.504. The van der Waals surface area contributed by atoms with E-state index < -0.39 is 0 Å². The van der Waals surface area contributed by atoms with Crippen LogP contribution in [0, 0.1) is 0 Å². The van der Waals surface area contributed by atoms with Crippen LogP contribution >= 0.6 is 0 Å². The largest absolute Gasteiger partial charge is 0.494 e. The van der Waals surface area contributed by atoms with Gasteiger partial charge in [0.15, 0.2) is 0 Å². The van der Waals surface area contributed by atoms with Gasteiger partial charge in [0.1, 0.15) is 5.75 Å². The molecule has 0 bridgehead atoms. The standard InChI is InChI=1S/C19H32O2/c1-3-5-6-7-8-9-10-11-12-19(20)17-13-15-18(16-14-17)21-4-2/h13-16,19-20H,3-12H2,1-2H3. The fraction of sp³-hybridized carbons (Fsp3) is 0.684. The number of aliphatic hydroxyl groups excluding tert-OH is 1. The van der Waals surface area contributed by atoms with Gasteiger partial charge in [-0.2, -0.15) is 0 Å². The summed E-state index contributed by atoms with van der Waals surface area (Å²) < 4.78 is 5.41. The molecule has 120 valence electrons. The minimum atomic E-state index is -0.333. The van der Waals surface area contributed by atoms with Crippen LogP contribution < -0.4 is 4.74 Å². The Morgan fingerprint density at radius 3 is 2.00 bits per heavy atom. The van der Waals surface area contributed by atoms with Gasteiger partial charge in [0.2, 0.25) is 0 Å². The number of hydrogen-bond acceptors (Lipinski definition) is 2. The van der Waals surface area contributed by atoms with Crippen molar-refractivity contribution in [3.63, 3.8) is 0 Å². The fourth-order valence-corrected chi connectivity index (χ4v) is 2.59. The highest BCUT2D eigenvalue weighted by atomic mass is 16.5. The molecule has 21 heavy (non-hydrogen) atoms. The van der Waals surface area contributed by atoms with Crippen LogP contribution in [0.3, 0.4) is 0 Å². The Morgan fingerprint density at radius 1 is 0.857 bits per heavy atom. The number of rotatable bonds is 12. The minimum Gasteiger partial charge on any atom is -0.494 e. The third-order valence-corrected chi connectivity index (χ3v) is 3.91. The van der Waals surface area contributed by atoms with Crippen molar-refractivity contribution in [3.05, 3.63) is 29.8 Å². The van der Waals surface area contributed by atoms with Gasteiger partial charge in [-0.15, -0.1) is 0 Å². The molecule has 2 nitrogen and oxygen atoms in total. The SMILES string of the molecule is CCCCCCCCCCC(O)c1ccc(OCC)cc1. The molecule has 0 saturated heterocycles. The Labute approximate surface area is 130 Å². The predicted octanol–water partition coefficient (Wildman–Crippen LogP) is 5.65. The van der Waals surface area contributed by atoms with Crippen molar-refractivity contribution >= 4 is 0 Å². The van der Waals surface area contributed by atoms with E-state index in [2.05, 4.69) is 6.92 Å². The number of benzene rings is 1. The smallest absolute Gasteiger partial charge is 0.119 e. The van der Waals surface area contributed by atoms with Crippen molar-refractivity contribution < 1.29 is 9.84 Å². The van der Waals surface area contributed by atoms with Gasteiger partial charge in [0.25, 0.3) is 0 Å². The van der Waals surface area contributed by atoms with E-state index in [1.54, 1.807) is 0 Å². The van der Waals surface area contributed by atoms with Gasteiger partial charge >= 0.3 is 0 Å². The second-order valence-electron chi connectivity index (χ2n) is 5.78. The van der Waals surface area contributed by atoms with Crippen molar-refractivity contribution in [3.8, 4) is 5.75 Å². The summed E-state index contributed by atoms with van der Waals surface area (Å²) in [5, 5.41) is 10.2. The number of unbranched alkanes of at least 4 members (excludes halogenated alkanes) is 7.